The molecule has 15 heavy (non-hydrogen) atoms. The van der Waals surface area contributed by atoms with Crippen LogP contribution in [0.15, 0.2) is 0 Å². The molecule has 1 aliphatic carbocycles. The summed E-state index contributed by atoms with van der Waals surface area (Å²) in [6, 6.07) is 0.314. The second-order valence-corrected chi connectivity index (χ2v) is 5.68. The lowest BCUT2D eigenvalue weighted by Gasteiger charge is -2.36. The van der Waals surface area contributed by atoms with Crippen LogP contribution in [0.3, 0.4) is 0 Å². The van der Waals surface area contributed by atoms with E-state index in [1.54, 1.807) is 0 Å². The third-order valence-corrected chi connectivity index (χ3v) is 3.46. The molecule has 0 aromatic heterocycles. The molecule has 0 heterocycles. The molecule has 0 radical (unpaired) electrons. The van der Waals surface area contributed by atoms with E-state index in [4.69, 9.17) is 5.73 Å². The van der Waals surface area contributed by atoms with Crippen LogP contribution in [0.2, 0.25) is 0 Å². The summed E-state index contributed by atoms with van der Waals surface area (Å²) in [7, 11) is 1.90. The zero-order valence-corrected chi connectivity index (χ0v) is 10.4. The molecule has 1 fully saturated rings. The Morgan fingerprint density at radius 2 is 1.67 bits per heavy atom. The fourth-order valence-electron chi connectivity index (χ4n) is 1.97. The summed E-state index contributed by atoms with van der Waals surface area (Å²) >= 11 is 0. The molecule has 88 valence electrons. The predicted octanol–water partition coefficient (Wildman–Crippen LogP) is 1.76. The first-order valence-electron chi connectivity index (χ1n) is 5.85. The fraction of sp³-hybridized carbons (Fsp3) is 0.917. The Morgan fingerprint density at radius 1 is 1.20 bits per heavy atom. The van der Waals surface area contributed by atoms with Gasteiger partial charge in [0.25, 0.3) is 0 Å². The van der Waals surface area contributed by atoms with Crippen molar-refractivity contribution in [3.63, 3.8) is 0 Å². The summed E-state index contributed by atoms with van der Waals surface area (Å²) in [4.78, 5) is 14.0. The van der Waals surface area contributed by atoms with Crippen molar-refractivity contribution in [1.29, 1.82) is 0 Å². The van der Waals surface area contributed by atoms with Crippen molar-refractivity contribution in [3.8, 4) is 0 Å². The van der Waals surface area contributed by atoms with Crippen LogP contribution in [0.1, 0.15) is 46.5 Å². The Morgan fingerprint density at radius 3 is 2.07 bits per heavy atom. The van der Waals surface area contributed by atoms with Crippen molar-refractivity contribution in [2.24, 2.45) is 11.7 Å². The van der Waals surface area contributed by atoms with Gasteiger partial charge in [-0.2, -0.15) is 0 Å². The highest BCUT2D eigenvalue weighted by atomic mass is 16.2. The van der Waals surface area contributed by atoms with E-state index in [-0.39, 0.29) is 17.4 Å². The van der Waals surface area contributed by atoms with Crippen LogP contribution in [0, 0.1) is 5.92 Å². The van der Waals surface area contributed by atoms with Gasteiger partial charge >= 0.3 is 0 Å². The lowest BCUT2D eigenvalue weighted by molar-refractivity contribution is -0.139. The summed E-state index contributed by atoms with van der Waals surface area (Å²) < 4.78 is 0. The zero-order chi connectivity index (χ0) is 11.6. The van der Waals surface area contributed by atoms with E-state index in [0.29, 0.717) is 6.04 Å². The smallest absolute Gasteiger partial charge is 0.225 e. The minimum absolute atomic E-state index is 0.0728. The van der Waals surface area contributed by atoms with Gasteiger partial charge in [0, 0.05) is 24.5 Å². The average Bonchev–Trinajstić information content (AvgIpc) is 2.15. The lowest BCUT2D eigenvalue weighted by atomic mass is 9.85. The SMILES string of the molecule is CN(C(=O)C1CCC(N)CC1)C(C)(C)C. The van der Waals surface area contributed by atoms with Crippen LogP contribution in [0.5, 0.6) is 0 Å². The van der Waals surface area contributed by atoms with Gasteiger partial charge in [-0.3, -0.25) is 4.79 Å². The Hall–Kier alpha value is -0.570. The van der Waals surface area contributed by atoms with Gasteiger partial charge in [0.2, 0.25) is 5.91 Å². The van der Waals surface area contributed by atoms with E-state index in [1.807, 2.05) is 11.9 Å². The zero-order valence-electron chi connectivity index (χ0n) is 10.4. The van der Waals surface area contributed by atoms with Crippen molar-refractivity contribution in [3.05, 3.63) is 0 Å². The second kappa shape index (κ2) is 4.52. The van der Waals surface area contributed by atoms with E-state index in [0.717, 1.165) is 25.7 Å². The van der Waals surface area contributed by atoms with Crippen LogP contribution < -0.4 is 5.73 Å². The maximum atomic E-state index is 12.1. The molecule has 0 bridgehead atoms. The Bertz CT molecular complexity index is 224. The van der Waals surface area contributed by atoms with Gasteiger partial charge in [-0.05, 0) is 46.5 Å². The second-order valence-electron chi connectivity index (χ2n) is 5.68. The summed E-state index contributed by atoms with van der Waals surface area (Å²) in [5.74, 6) is 0.489. The number of amides is 1. The van der Waals surface area contributed by atoms with Crippen molar-refractivity contribution in [2.75, 3.05) is 7.05 Å². The molecule has 0 aliphatic heterocycles. The average molecular weight is 212 g/mol. The molecule has 0 saturated heterocycles. The first-order valence-corrected chi connectivity index (χ1v) is 5.85. The molecule has 0 aromatic rings. The standard InChI is InChI=1S/C12H24N2O/c1-12(2,3)14(4)11(15)9-5-7-10(13)8-6-9/h9-10H,5-8,13H2,1-4H3. The molecule has 1 saturated carbocycles. The van der Waals surface area contributed by atoms with Crippen molar-refractivity contribution >= 4 is 5.91 Å². The summed E-state index contributed by atoms with van der Waals surface area (Å²) in [6.45, 7) is 6.21. The fourth-order valence-corrected chi connectivity index (χ4v) is 1.97. The van der Waals surface area contributed by atoms with Crippen LogP contribution in [-0.4, -0.2) is 29.4 Å². The molecular weight excluding hydrogens is 188 g/mol. The third-order valence-electron chi connectivity index (χ3n) is 3.46. The first-order chi connectivity index (χ1) is 6.82. The molecule has 1 amide bonds. The van der Waals surface area contributed by atoms with Crippen molar-refractivity contribution in [1.82, 2.24) is 4.90 Å². The van der Waals surface area contributed by atoms with Gasteiger partial charge in [0.1, 0.15) is 0 Å². The Labute approximate surface area is 93.0 Å². The van der Waals surface area contributed by atoms with E-state index in [1.165, 1.54) is 0 Å². The van der Waals surface area contributed by atoms with Gasteiger partial charge in [-0.1, -0.05) is 0 Å². The Balaban J connectivity index is 2.54. The molecule has 2 N–H and O–H groups in total. The van der Waals surface area contributed by atoms with Crippen LogP contribution in [-0.2, 0) is 4.79 Å². The van der Waals surface area contributed by atoms with Gasteiger partial charge in [0.05, 0.1) is 0 Å². The number of nitrogens with two attached hydrogens (primary N) is 1. The molecule has 3 heteroatoms. The monoisotopic (exact) mass is 212 g/mol. The van der Waals surface area contributed by atoms with E-state index >= 15 is 0 Å². The number of carbonyl (C=O) groups is 1. The number of nitrogens with zero attached hydrogens (tertiary/aromatic N) is 1. The maximum absolute atomic E-state index is 12.1. The molecule has 0 atom stereocenters. The van der Waals surface area contributed by atoms with E-state index in [2.05, 4.69) is 20.8 Å². The summed E-state index contributed by atoms with van der Waals surface area (Å²) in [5, 5.41) is 0. The molecular formula is C12H24N2O. The first kappa shape index (κ1) is 12.5. The lowest BCUT2D eigenvalue weighted by Crippen LogP contribution is -2.46. The summed E-state index contributed by atoms with van der Waals surface area (Å²) in [6.07, 6.45) is 3.91. The van der Waals surface area contributed by atoms with Crippen molar-refractivity contribution < 1.29 is 4.79 Å². The van der Waals surface area contributed by atoms with Gasteiger partial charge < -0.3 is 10.6 Å². The van der Waals surface area contributed by atoms with Crippen LogP contribution in [0.25, 0.3) is 0 Å². The Kier molecular flexibility index (Phi) is 3.77. The molecule has 0 aromatic carbocycles. The van der Waals surface area contributed by atoms with Crippen LogP contribution in [0.4, 0.5) is 0 Å². The quantitative estimate of drug-likeness (QED) is 0.720. The normalized spacial score (nSPS) is 27.5. The molecule has 3 nitrogen and oxygen atoms in total. The van der Waals surface area contributed by atoms with Crippen LogP contribution >= 0.6 is 0 Å². The molecule has 1 aliphatic rings. The summed E-state index contributed by atoms with van der Waals surface area (Å²) in [5.41, 5.74) is 5.76. The molecule has 0 spiro atoms. The van der Waals surface area contributed by atoms with E-state index in [9.17, 15) is 4.79 Å². The molecule has 1 rings (SSSR count). The van der Waals surface area contributed by atoms with Gasteiger partial charge in [-0.15, -0.1) is 0 Å². The highest BCUT2D eigenvalue weighted by Crippen LogP contribution is 2.26. The number of hydrogen-bond acceptors (Lipinski definition) is 2. The molecule has 0 unspecified atom stereocenters. The third kappa shape index (κ3) is 3.20. The maximum Gasteiger partial charge on any atom is 0.225 e. The predicted molar refractivity (Wildman–Crippen MR) is 62.5 cm³/mol. The number of carbonyl (C=O) groups excluding carboxylic acids is 1. The number of rotatable bonds is 1. The number of hydrogen-bond donors (Lipinski definition) is 1. The highest BCUT2D eigenvalue weighted by Gasteiger charge is 2.31. The highest BCUT2D eigenvalue weighted by molar-refractivity contribution is 5.79. The minimum Gasteiger partial charge on any atom is -0.341 e. The topological polar surface area (TPSA) is 46.3 Å². The van der Waals surface area contributed by atoms with Gasteiger partial charge in [0.15, 0.2) is 0 Å². The van der Waals surface area contributed by atoms with Crippen molar-refractivity contribution in [2.45, 2.75) is 58.0 Å². The largest absolute Gasteiger partial charge is 0.341 e. The minimum atomic E-state index is -0.0728. The van der Waals surface area contributed by atoms with E-state index < -0.39 is 0 Å². The van der Waals surface area contributed by atoms with Gasteiger partial charge in [-0.25, -0.2) is 0 Å².